The molecule has 324 valence electrons. The molecule has 1 fully saturated rings. The summed E-state index contributed by atoms with van der Waals surface area (Å²) in [4.78, 5) is 48.4. The van der Waals surface area contributed by atoms with Crippen LogP contribution in [0.15, 0.2) is 18.2 Å². The number of hydrogen-bond donors (Lipinski definition) is 0. The van der Waals surface area contributed by atoms with E-state index in [-0.39, 0.29) is 47.7 Å². The van der Waals surface area contributed by atoms with E-state index in [0.717, 1.165) is 11.3 Å². The first-order valence-electron chi connectivity index (χ1n) is 20.3. The van der Waals surface area contributed by atoms with Gasteiger partial charge in [-0.05, 0) is 79.6 Å². The molecule has 0 N–H and O–H groups in total. The van der Waals surface area contributed by atoms with Crippen molar-refractivity contribution >= 4 is 45.5 Å². The van der Waals surface area contributed by atoms with E-state index >= 15 is 0 Å². The molecular weight excluding hydrogens is 772 g/mol. The molecule has 1 amide bonds. The van der Waals surface area contributed by atoms with Crippen molar-refractivity contribution in [2.24, 2.45) is 24.3 Å². The van der Waals surface area contributed by atoms with Gasteiger partial charge in [0.2, 0.25) is 0 Å². The molecule has 2 heterocycles. The first-order valence-corrected chi connectivity index (χ1v) is 26.1. The van der Waals surface area contributed by atoms with Crippen LogP contribution in [0.3, 0.4) is 0 Å². The summed E-state index contributed by atoms with van der Waals surface area (Å²) in [6, 6.07) is 5.53. The number of amides is 1. The lowest BCUT2D eigenvalue weighted by molar-refractivity contribution is -0.163. The Morgan fingerprint density at radius 3 is 2.09 bits per heavy atom. The standard InChI is InChI=1S/C42H70F3N3O7Si2/c1-27-18-17-22-48(38(51)52-26-42(43,44)45)23-21-33(30-19-20-32-31(24-30)46-29(3)47(32)12)53-35(49)25-34(54-56(13,14)39(4,5)6)41(10,11)37(50)28(2)36(27)55-57(15,16)40(7,8)9/h19-20,24,27-28,33-34,36H,17-18,21-23,25-26H2,1-16H3/t27-,28+,33-,34-,36-/m0/s1. The number of aromatic nitrogens is 2. The Hall–Kier alpha value is -2.76. The summed E-state index contributed by atoms with van der Waals surface area (Å²) in [6.45, 7) is 29.0. The number of cyclic esters (lactones) is 1. The van der Waals surface area contributed by atoms with Crippen molar-refractivity contribution in [1.82, 2.24) is 14.5 Å². The van der Waals surface area contributed by atoms with E-state index in [0.29, 0.717) is 23.9 Å². The Labute approximate surface area is 341 Å². The summed E-state index contributed by atoms with van der Waals surface area (Å²) in [5, 5.41) is -0.393. The van der Waals surface area contributed by atoms with E-state index in [1.54, 1.807) is 0 Å². The third kappa shape index (κ3) is 12.2. The van der Waals surface area contributed by atoms with Crippen molar-refractivity contribution in [3.05, 3.63) is 29.6 Å². The topological polar surface area (TPSA) is 109 Å². The summed E-state index contributed by atoms with van der Waals surface area (Å²) in [5.41, 5.74) is 1.04. The fourth-order valence-corrected chi connectivity index (χ4v) is 9.77. The lowest BCUT2D eigenvalue weighted by Crippen LogP contribution is -2.54. The van der Waals surface area contributed by atoms with Gasteiger partial charge in [0.25, 0.3) is 0 Å². The average molecular weight is 842 g/mol. The maximum Gasteiger partial charge on any atom is 0.422 e. The van der Waals surface area contributed by atoms with Crippen molar-refractivity contribution in [1.29, 1.82) is 0 Å². The van der Waals surface area contributed by atoms with E-state index in [1.165, 1.54) is 4.90 Å². The van der Waals surface area contributed by atoms with Crippen molar-refractivity contribution in [2.45, 2.75) is 163 Å². The zero-order valence-corrected chi connectivity index (χ0v) is 39.4. The number of imidazole rings is 1. The number of rotatable bonds is 6. The highest BCUT2D eigenvalue weighted by molar-refractivity contribution is 6.74. The molecule has 2 aromatic rings. The van der Waals surface area contributed by atoms with Crippen molar-refractivity contribution in [3.63, 3.8) is 0 Å². The minimum atomic E-state index is -4.70. The van der Waals surface area contributed by atoms with Crippen LogP contribution >= 0.6 is 0 Å². The number of esters is 1. The normalized spacial score (nSPS) is 24.4. The molecule has 5 atom stereocenters. The first kappa shape index (κ1) is 48.6. The van der Waals surface area contributed by atoms with Crippen molar-refractivity contribution in [2.75, 3.05) is 19.7 Å². The average Bonchev–Trinajstić information content (AvgIpc) is 3.35. The molecule has 0 aliphatic carbocycles. The second kappa shape index (κ2) is 17.8. The molecule has 1 saturated heterocycles. The quantitative estimate of drug-likeness (QED) is 0.209. The minimum Gasteiger partial charge on any atom is -0.457 e. The zero-order valence-electron chi connectivity index (χ0n) is 37.4. The Bertz CT molecular complexity index is 1730. The van der Waals surface area contributed by atoms with Crippen LogP contribution in [0.2, 0.25) is 36.3 Å². The Morgan fingerprint density at radius 2 is 1.53 bits per heavy atom. The van der Waals surface area contributed by atoms with Crippen LogP contribution in [0.1, 0.15) is 112 Å². The molecule has 57 heavy (non-hydrogen) atoms. The number of hydrogen-bond acceptors (Lipinski definition) is 8. The zero-order chi connectivity index (χ0) is 43.7. The number of fused-ring (bicyclic) bond motifs is 1. The van der Waals surface area contributed by atoms with Gasteiger partial charge < -0.3 is 27.8 Å². The molecular formula is C42H70F3N3O7Si2. The van der Waals surface area contributed by atoms with Crippen LogP contribution < -0.4 is 0 Å². The van der Waals surface area contributed by atoms with Gasteiger partial charge in [0, 0.05) is 37.9 Å². The van der Waals surface area contributed by atoms with Crippen LogP contribution in [0.5, 0.6) is 0 Å². The monoisotopic (exact) mass is 841 g/mol. The van der Waals surface area contributed by atoms with Crippen LogP contribution in [-0.2, 0) is 35.0 Å². The highest BCUT2D eigenvalue weighted by Crippen LogP contribution is 2.44. The number of nitrogens with zero attached hydrogens (tertiary/aromatic N) is 3. The van der Waals surface area contributed by atoms with Crippen LogP contribution in [-0.4, -0.2) is 87.0 Å². The van der Waals surface area contributed by atoms with Gasteiger partial charge in [0.1, 0.15) is 17.7 Å². The summed E-state index contributed by atoms with van der Waals surface area (Å²) in [5.74, 6) is -0.677. The maximum atomic E-state index is 15.0. The van der Waals surface area contributed by atoms with Gasteiger partial charge in [-0.3, -0.25) is 9.59 Å². The van der Waals surface area contributed by atoms with Crippen LogP contribution in [0, 0.1) is 24.2 Å². The predicted molar refractivity (Wildman–Crippen MR) is 223 cm³/mol. The molecule has 1 aromatic carbocycles. The molecule has 0 radical (unpaired) electrons. The summed E-state index contributed by atoms with van der Waals surface area (Å²) in [7, 11) is -3.10. The van der Waals surface area contributed by atoms with Gasteiger partial charge in [-0.2, -0.15) is 13.2 Å². The van der Waals surface area contributed by atoms with Gasteiger partial charge in [0.15, 0.2) is 23.2 Å². The highest BCUT2D eigenvalue weighted by atomic mass is 28.4. The maximum absolute atomic E-state index is 15.0. The molecule has 0 spiro atoms. The minimum absolute atomic E-state index is 0.0452. The molecule has 1 aliphatic heterocycles. The number of carbonyl (C=O) groups is 3. The number of aryl methyl sites for hydroxylation is 2. The van der Waals surface area contributed by atoms with E-state index in [1.807, 2.05) is 64.4 Å². The third-order valence-corrected chi connectivity index (χ3v) is 21.8. The van der Waals surface area contributed by atoms with Crippen molar-refractivity contribution < 1.29 is 45.9 Å². The van der Waals surface area contributed by atoms with Gasteiger partial charge >= 0.3 is 18.2 Å². The van der Waals surface area contributed by atoms with Crippen molar-refractivity contribution in [3.8, 4) is 0 Å². The second-order valence-electron chi connectivity index (χ2n) is 19.8. The molecule has 3 rings (SSSR count). The second-order valence-corrected chi connectivity index (χ2v) is 29.3. The van der Waals surface area contributed by atoms with E-state index in [2.05, 4.69) is 72.7 Å². The summed E-state index contributed by atoms with van der Waals surface area (Å²) >= 11 is 0. The Kier molecular flexibility index (Phi) is 15.2. The number of benzene rings is 1. The Balaban J connectivity index is 2.18. The summed E-state index contributed by atoms with van der Waals surface area (Å²) in [6.07, 6.45) is -7.27. The van der Waals surface area contributed by atoms with Gasteiger partial charge in [0.05, 0.1) is 29.7 Å². The van der Waals surface area contributed by atoms with E-state index < -0.39 is 71.1 Å². The number of ketones is 1. The molecule has 15 heteroatoms. The molecule has 0 saturated carbocycles. The SMILES string of the molecule is Cc1nc2cc([C@@H]3CCN(C(=O)OCC(F)(F)F)CCC[C@H](C)[C@H](O[Si](C)(C)C(C)(C)C)[C@@H](C)C(=O)C(C)(C)[C@@H](O[Si](C)(C)C(C)(C)C)CC(=O)O3)ccc2n1C. The fraction of sp³-hybridized carbons (Fsp3) is 0.762. The third-order valence-electron chi connectivity index (χ3n) is 12.9. The molecule has 0 unspecified atom stereocenters. The number of ether oxygens (including phenoxy) is 2. The lowest BCUT2D eigenvalue weighted by Gasteiger charge is -2.46. The molecule has 10 nitrogen and oxygen atoms in total. The first-order chi connectivity index (χ1) is 25.8. The fourth-order valence-electron chi connectivity index (χ4n) is 6.86. The van der Waals surface area contributed by atoms with E-state index in [4.69, 9.17) is 18.3 Å². The predicted octanol–water partition coefficient (Wildman–Crippen LogP) is 10.7. The van der Waals surface area contributed by atoms with E-state index in [9.17, 15) is 27.6 Å². The smallest absolute Gasteiger partial charge is 0.422 e. The van der Waals surface area contributed by atoms with Crippen LogP contribution in [0.4, 0.5) is 18.0 Å². The van der Waals surface area contributed by atoms with Gasteiger partial charge in [-0.1, -0.05) is 75.3 Å². The van der Waals surface area contributed by atoms with Crippen LogP contribution in [0.25, 0.3) is 11.0 Å². The van der Waals surface area contributed by atoms with Gasteiger partial charge in [-0.15, -0.1) is 0 Å². The highest BCUT2D eigenvalue weighted by Gasteiger charge is 2.50. The summed E-state index contributed by atoms with van der Waals surface area (Å²) < 4.78 is 66.6. The number of halogens is 3. The lowest BCUT2D eigenvalue weighted by atomic mass is 9.73. The number of carbonyl (C=O) groups excluding carboxylic acids is 3. The molecule has 1 aromatic heterocycles. The van der Waals surface area contributed by atoms with Gasteiger partial charge in [-0.25, -0.2) is 9.78 Å². The molecule has 1 aliphatic rings. The number of alkyl halides is 3. The Morgan fingerprint density at radius 1 is 0.947 bits per heavy atom. The largest absolute Gasteiger partial charge is 0.457 e. The number of Topliss-reactive ketones (excluding diaryl/α,β-unsaturated/α-hetero) is 1. The molecule has 0 bridgehead atoms.